The highest BCUT2D eigenvalue weighted by Crippen LogP contribution is 2.46. The van der Waals surface area contributed by atoms with Gasteiger partial charge < -0.3 is 5.32 Å². The van der Waals surface area contributed by atoms with Crippen molar-refractivity contribution in [3.63, 3.8) is 0 Å². The van der Waals surface area contributed by atoms with E-state index in [-0.39, 0.29) is 10.8 Å². The number of para-hydroxylation sites is 1. The molecule has 1 N–H and O–H groups in total. The Morgan fingerprint density at radius 2 is 1.60 bits per heavy atom. The molecular weight excluding hydrogens is 597 g/mol. The molecule has 0 atom stereocenters. The molecule has 7 rings (SSSR count). The van der Waals surface area contributed by atoms with Gasteiger partial charge >= 0.3 is 0 Å². The number of anilines is 1. The Balaban J connectivity index is 1.18. The summed E-state index contributed by atoms with van der Waals surface area (Å²) in [5, 5.41) is 4.88. The van der Waals surface area contributed by atoms with E-state index in [1.807, 2.05) is 24.3 Å². The van der Waals surface area contributed by atoms with E-state index in [0.29, 0.717) is 18.7 Å². The quantitative estimate of drug-likeness (QED) is 0.210. The molecule has 2 aliphatic rings. The van der Waals surface area contributed by atoms with Crippen LogP contribution in [0.3, 0.4) is 0 Å². The fraction of sp³-hybridized carbons (Fsp3) is 0.273. The zero-order valence-corrected chi connectivity index (χ0v) is 26.1. The average Bonchev–Trinajstić information content (AvgIpc) is 3.62. The van der Waals surface area contributed by atoms with Crippen molar-refractivity contribution in [1.29, 1.82) is 0 Å². The maximum atomic E-state index is 13.6. The summed E-state index contributed by atoms with van der Waals surface area (Å²) in [6.45, 7) is 3.71. The normalized spacial score (nSPS) is 16.3. The topological polar surface area (TPSA) is 82.6 Å². The molecule has 4 heterocycles. The Morgan fingerprint density at radius 3 is 2.37 bits per heavy atom. The number of sulfonamides is 1. The van der Waals surface area contributed by atoms with Crippen LogP contribution >= 0.6 is 22.7 Å². The zero-order valence-electron chi connectivity index (χ0n) is 23.7. The van der Waals surface area contributed by atoms with E-state index in [1.165, 1.54) is 16.0 Å². The summed E-state index contributed by atoms with van der Waals surface area (Å²) in [4.78, 5) is 22.4. The largest absolute Gasteiger partial charge is 0.313 e. The Bertz CT molecular complexity index is 1840. The highest BCUT2D eigenvalue weighted by atomic mass is 32.2. The maximum absolute atomic E-state index is 13.6. The maximum Gasteiger partial charge on any atom is 0.256 e. The predicted octanol–water partition coefficient (Wildman–Crippen LogP) is 7.01. The summed E-state index contributed by atoms with van der Waals surface area (Å²) >= 11 is 3.27. The number of hydrogen-bond donors (Lipinski definition) is 1. The van der Waals surface area contributed by atoms with Crippen LogP contribution < -0.4 is 5.32 Å². The van der Waals surface area contributed by atoms with Gasteiger partial charge in [0.15, 0.2) is 0 Å². The van der Waals surface area contributed by atoms with Crippen molar-refractivity contribution >= 4 is 53.8 Å². The number of hydrogen-bond acceptors (Lipinski definition) is 7. The number of nitrogens with zero attached hydrogens (tertiary/aromatic N) is 3. The number of rotatable bonds is 7. The van der Waals surface area contributed by atoms with E-state index in [9.17, 15) is 13.2 Å². The molecule has 0 unspecified atom stereocenters. The SMILES string of the molecule is O=C(Nc1sc2c(c1-c1nc3ccccc3s1)CCN(Cc1ccccc1)C2)c1ccc(S(=O)(=O)N2CCCCC2)cc1. The van der Waals surface area contributed by atoms with Gasteiger partial charge in [0.05, 0.1) is 15.1 Å². The van der Waals surface area contributed by atoms with Crippen LogP contribution in [0, 0.1) is 0 Å². The van der Waals surface area contributed by atoms with Crippen molar-refractivity contribution in [2.24, 2.45) is 0 Å². The molecule has 0 spiro atoms. The van der Waals surface area contributed by atoms with Gasteiger partial charge in [0.25, 0.3) is 5.91 Å². The third kappa shape index (κ3) is 5.77. The van der Waals surface area contributed by atoms with E-state index in [0.717, 1.165) is 71.1 Å². The van der Waals surface area contributed by atoms with Gasteiger partial charge in [-0.1, -0.05) is 48.9 Å². The summed E-state index contributed by atoms with van der Waals surface area (Å²) in [6.07, 6.45) is 3.70. The van der Waals surface area contributed by atoms with Crippen LogP contribution in [0.15, 0.2) is 83.8 Å². The summed E-state index contributed by atoms with van der Waals surface area (Å²) in [5.41, 5.74) is 4.93. The molecule has 1 fully saturated rings. The molecular formula is C33H32N4O3S3. The van der Waals surface area contributed by atoms with Crippen molar-refractivity contribution in [1.82, 2.24) is 14.2 Å². The lowest BCUT2D eigenvalue weighted by atomic mass is 10.0. The fourth-order valence-corrected chi connectivity index (χ4v) is 9.85. The minimum Gasteiger partial charge on any atom is -0.313 e. The van der Waals surface area contributed by atoms with Crippen LogP contribution in [-0.4, -0.2) is 48.1 Å². The third-order valence-corrected chi connectivity index (χ3v) is 12.3. The standard InChI is InChI=1S/C33H32N4O3S3/c38-31(24-13-15-25(16-14-24)43(39,40)37-18-7-2-8-19-37)35-33-30(32-34-27-11-5-6-12-28(27)41-32)26-17-20-36(22-29(26)42-33)21-23-9-3-1-4-10-23/h1,3-6,9-16H,2,7-8,17-22H2,(H,35,38). The van der Waals surface area contributed by atoms with Crippen LogP contribution in [0.5, 0.6) is 0 Å². The minimum absolute atomic E-state index is 0.228. The summed E-state index contributed by atoms with van der Waals surface area (Å²) in [6, 6.07) is 24.9. The Morgan fingerprint density at radius 1 is 0.860 bits per heavy atom. The smallest absolute Gasteiger partial charge is 0.256 e. The molecule has 0 saturated carbocycles. The van der Waals surface area contributed by atoms with Crippen molar-refractivity contribution in [3.8, 4) is 10.6 Å². The highest BCUT2D eigenvalue weighted by molar-refractivity contribution is 7.89. The molecule has 0 aliphatic carbocycles. The number of thiophene rings is 1. The molecule has 0 radical (unpaired) electrons. The molecule has 7 nitrogen and oxygen atoms in total. The number of carbonyl (C=O) groups is 1. The third-order valence-electron chi connectivity index (χ3n) is 8.19. The Kier molecular flexibility index (Phi) is 7.87. The number of aromatic nitrogens is 1. The zero-order chi connectivity index (χ0) is 29.4. The predicted molar refractivity (Wildman–Crippen MR) is 174 cm³/mol. The minimum atomic E-state index is -3.56. The van der Waals surface area contributed by atoms with Gasteiger partial charge in [-0.3, -0.25) is 9.69 Å². The number of amides is 1. The number of piperidine rings is 1. The second-order valence-corrected chi connectivity index (χ2v) is 15.2. The second kappa shape index (κ2) is 11.9. The average molecular weight is 629 g/mol. The van der Waals surface area contributed by atoms with Crippen LogP contribution in [0.1, 0.15) is 45.6 Å². The molecule has 2 aliphatic heterocycles. The summed E-state index contributed by atoms with van der Waals surface area (Å²) in [5.74, 6) is -0.260. The molecule has 5 aromatic rings. The number of thiazole rings is 1. The number of nitrogens with one attached hydrogen (secondary N) is 1. The van der Waals surface area contributed by atoms with Gasteiger partial charge in [-0.05, 0) is 66.8 Å². The summed E-state index contributed by atoms with van der Waals surface area (Å²) in [7, 11) is -3.56. The van der Waals surface area contributed by atoms with Gasteiger partial charge in [-0.2, -0.15) is 4.31 Å². The van der Waals surface area contributed by atoms with Gasteiger partial charge in [-0.15, -0.1) is 22.7 Å². The van der Waals surface area contributed by atoms with Gasteiger partial charge in [0.1, 0.15) is 10.0 Å². The fourth-order valence-electron chi connectivity index (χ4n) is 5.93. The van der Waals surface area contributed by atoms with Gasteiger partial charge in [0.2, 0.25) is 10.0 Å². The lowest BCUT2D eigenvalue weighted by molar-refractivity contribution is 0.102. The first-order valence-corrected chi connectivity index (χ1v) is 17.7. The number of carbonyl (C=O) groups excluding carboxylic acids is 1. The van der Waals surface area contributed by atoms with Crippen LogP contribution in [0.2, 0.25) is 0 Å². The molecule has 2 aromatic heterocycles. The molecule has 1 saturated heterocycles. The van der Waals surface area contributed by atoms with E-state index < -0.39 is 10.0 Å². The monoisotopic (exact) mass is 628 g/mol. The van der Waals surface area contributed by atoms with Gasteiger partial charge in [0, 0.05) is 48.7 Å². The molecule has 10 heteroatoms. The molecule has 43 heavy (non-hydrogen) atoms. The first kappa shape index (κ1) is 28.4. The van der Waals surface area contributed by atoms with Crippen molar-refractivity contribution in [3.05, 3.63) is 100 Å². The second-order valence-electron chi connectivity index (χ2n) is 11.1. The molecule has 220 valence electrons. The molecule has 3 aromatic carbocycles. The summed E-state index contributed by atoms with van der Waals surface area (Å²) < 4.78 is 28.9. The Labute approximate surface area is 259 Å². The Hall–Kier alpha value is -3.41. The lowest BCUT2D eigenvalue weighted by Crippen LogP contribution is -2.35. The van der Waals surface area contributed by atoms with Crippen molar-refractivity contribution in [2.75, 3.05) is 25.0 Å². The number of fused-ring (bicyclic) bond motifs is 2. The lowest BCUT2D eigenvalue weighted by Gasteiger charge is -2.27. The highest BCUT2D eigenvalue weighted by Gasteiger charge is 2.29. The first-order chi connectivity index (χ1) is 21.0. The molecule has 1 amide bonds. The molecule has 0 bridgehead atoms. The first-order valence-electron chi connectivity index (χ1n) is 14.6. The van der Waals surface area contributed by atoms with Gasteiger partial charge in [-0.25, -0.2) is 13.4 Å². The van der Waals surface area contributed by atoms with Crippen LogP contribution in [-0.2, 0) is 29.5 Å². The van der Waals surface area contributed by atoms with Crippen molar-refractivity contribution < 1.29 is 13.2 Å². The van der Waals surface area contributed by atoms with Crippen LogP contribution in [0.4, 0.5) is 5.00 Å². The van der Waals surface area contributed by atoms with Crippen molar-refractivity contribution in [2.45, 2.75) is 43.7 Å². The van der Waals surface area contributed by atoms with Crippen LogP contribution in [0.25, 0.3) is 20.8 Å². The van der Waals surface area contributed by atoms with E-state index in [1.54, 1.807) is 51.2 Å². The van der Waals surface area contributed by atoms with E-state index >= 15 is 0 Å². The van der Waals surface area contributed by atoms with E-state index in [4.69, 9.17) is 4.98 Å². The number of benzene rings is 3. The van der Waals surface area contributed by atoms with E-state index in [2.05, 4.69) is 40.5 Å².